The molecule has 1 aromatic heterocycles. The maximum absolute atomic E-state index is 12.8. The Morgan fingerprint density at radius 1 is 1.14 bits per heavy atom. The van der Waals surface area contributed by atoms with Crippen molar-refractivity contribution in [3.63, 3.8) is 0 Å². The van der Waals surface area contributed by atoms with Crippen molar-refractivity contribution >= 4 is 34.4 Å². The molecule has 0 radical (unpaired) electrons. The van der Waals surface area contributed by atoms with Crippen LogP contribution < -0.4 is 5.32 Å². The van der Waals surface area contributed by atoms with E-state index >= 15 is 0 Å². The molecule has 1 aliphatic heterocycles. The van der Waals surface area contributed by atoms with E-state index in [0.29, 0.717) is 0 Å². The number of methoxy groups -OCH3 is 1. The Bertz CT molecular complexity index is 1260. The summed E-state index contributed by atoms with van der Waals surface area (Å²) in [4.78, 5) is 42.6. The topological polar surface area (TPSA) is 118 Å². The molecule has 180 valence electrons. The molecule has 5 rings (SSSR count). The average Bonchev–Trinajstić information content (AvgIpc) is 3.59. The minimum atomic E-state index is -1.40. The number of thiazole rings is 1. The summed E-state index contributed by atoms with van der Waals surface area (Å²) < 4.78 is 10.7. The molecule has 2 aliphatic rings. The van der Waals surface area contributed by atoms with Crippen LogP contribution in [0.1, 0.15) is 33.1 Å². The van der Waals surface area contributed by atoms with Gasteiger partial charge in [-0.05, 0) is 22.3 Å². The highest BCUT2D eigenvalue weighted by Crippen LogP contribution is 2.44. The first kappa shape index (κ1) is 23.0. The smallest absolute Gasteiger partial charge is 0.413 e. The van der Waals surface area contributed by atoms with E-state index < -0.39 is 17.7 Å². The summed E-state index contributed by atoms with van der Waals surface area (Å²) in [6.07, 6.45) is 0.902. The first-order valence-electron chi connectivity index (χ1n) is 11.1. The van der Waals surface area contributed by atoms with Gasteiger partial charge in [-0.3, -0.25) is 10.1 Å². The molecular formula is C25H23N3O6S. The first-order valence-corrected chi connectivity index (χ1v) is 11.9. The van der Waals surface area contributed by atoms with Crippen LogP contribution in [-0.4, -0.2) is 65.4 Å². The van der Waals surface area contributed by atoms with Crippen molar-refractivity contribution in [3.8, 4) is 11.1 Å². The number of ether oxygens (including phenoxy) is 2. The number of aliphatic carboxylic acids is 1. The van der Waals surface area contributed by atoms with Crippen LogP contribution >= 0.6 is 11.3 Å². The molecule has 0 saturated carbocycles. The Morgan fingerprint density at radius 3 is 2.40 bits per heavy atom. The maximum atomic E-state index is 12.8. The van der Waals surface area contributed by atoms with E-state index in [1.165, 1.54) is 18.2 Å². The van der Waals surface area contributed by atoms with E-state index in [2.05, 4.69) is 22.4 Å². The van der Waals surface area contributed by atoms with Crippen molar-refractivity contribution in [1.29, 1.82) is 0 Å². The van der Waals surface area contributed by atoms with Crippen LogP contribution in [0.15, 0.2) is 54.7 Å². The Hall–Kier alpha value is -3.76. The summed E-state index contributed by atoms with van der Waals surface area (Å²) in [5, 5.41) is 12.2. The van der Waals surface area contributed by atoms with Crippen LogP contribution in [0.25, 0.3) is 11.1 Å². The standard InChI is InChI=1S/C25H23N3O6S/c1-33-25(22(30)31)10-11-28(14-25)21(29)20-12-26-23(35-20)27-24(32)34-13-19-17-8-4-2-6-15(17)16-7-3-5-9-18(16)19/h2-9,12,19H,10-11,13-14H2,1H3,(H,30,31)(H,26,27,32). The van der Waals surface area contributed by atoms with Crippen molar-refractivity contribution in [2.45, 2.75) is 17.9 Å². The number of benzene rings is 2. The third-order valence-electron chi connectivity index (χ3n) is 6.57. The van der Waals surface area contributed by atoms with Crippen LogP contribution in [0.3, 0.4) is 0 Å². The van der Waals surface area contributed by atoms with Crippen LogP contribution in [0.4, 0.5) is 9.93 Å². The quantitative estimate of drug-likeness (QED) is 0.536. The van der Waals surface area contributed by atoms with E-state index in [1.54, 1.807) is 0 Å². The Labute approximate surface area is 205 Å². The molecule has 1 aliphatic carbocycles. The lowest BCUT2D eigenvalue weighted by Crippen LogP contribution is -2.44. The van der Waals surface area contributed by atoms with Gasteiger partial charge in [0.1, 0.15) is 11.5 Å². The minimum Gasteiger partial charge on any atom is -0.479 e. The molecule has 3 aromatic rings. The number of carbonyl (C=O) groups excluding carboxylic acids is 2. The van der Waals surface area contributed by atoms with Crippen molar-refractivity contribution < 1.29 is 29.0 Å². The molecule has 2 N–H and O–H groups in total. The lowest BCUT2D eigenvalue weighted by Gasteiger charge is -2.22. The van der Waals surface area contributed by atoms with E-state index in [1.807, 2.05) is 36.4 Å². The van der Waals surface area contributed by atoms with Gasteiger partial charge in [0.2, 0.25) is 0 Å². The van der Waals surface area contributed by atoms with Gasteiger partial charge in [-0.2, -0.15) is 0 Å². The number of aromatic nitrogens is 1. The summed E-state index contributed by atoms with van der Waals surface area (Å²) in [5.74, 6) is -1.52. The summed E-state index contributed by atoms with van der Waals surface area (Å²) in [7, 11) is 1.32. The summed E-state index contributed by atoms with van der Waals surface area (Å²) in [5.41, 5.74) is 3.11. The number of carboxylic acid groups (broad SMARTS) is 1. The van der Waals surface area contributed by atoms with Gasteiger partial charge in [-0.15, -0.1) is 0 Å². The summed E-state index contributed by atoms with van der Waals surface area (Å²) in [6, 6.07) is 16.1. The molecule has 35 heavy (non-hydrogen) atoms. The lowest BCUT2D eigenvalue weighted by molar-refractivity contribution is -0.160. The number of fused-ring (bicyclic) bond motifs is 3. The predicted molar refractivity (Wildman–Crippen MR) is 129 cm³/mol. The highest BCUT2D eigenvalue weighted by molar-refractivity contribution is 7.17. The molecular weight excluding hydrogens is 470 g/mol. The van der Waals surface area contributed by atoms with Crippen molar-refractivity contribution in [1.82, 2.24) is 9.88 Å². The number of nitrogens with one attached hydrogen (secondary N) is 1. The molecule has 1 saturated heterocycles. The Balaban J connectivity index is 1.21. The van der Waals surface area contributed by atoms with Crippen molar-refractivity contribution in [2.75, 3.05) is 32.1 Å². The fraction of sp³-hybridized carbons (Fsp3) is 0.280. The third kappa shape index (κ3) is 4.15. The molecule has 1 fully saturated rings. The Kier molecular flexibility index (Phi) is 6.00. The Morgan fingerprint density at radius 2 is 1.80 bits per heavy atom. The molecule has 1 atom stereocenters. The van der Waals surface area contributed by atoms with Gasteiger partial charge in [0.05, 0.1) is 12.7 Å². The molecule has 1 unspecified atom stereocenters. The van der Waals surface area contributed by atoms with Gasteiger partial charge in [0.15, 0.2) is 10.7 Å². The number of likely N-dealkylation sites (tertiary alicyclic amines) is 1. The number of carbonyl (C=O) groups is 3. The third-order valence-corrected chi connectivity index (χ3v) is 7.47. The first-order chi connectivity index (χ1) is 16.9. The van der Waals surface area contributed by atoms with E-state index in [4.69, 9.17) is 9.47 Å². The zero-order valence-corrected chi connectivity index (χ0v) is 19.7. The zero-order chi connectivity index (χ0) is 24.6. The van der Waals surface area contributed by atoms with Gasteiger partial charge in [0, 0.05) is 26.0 Å². The van der Waals surface area contributed by atoms with Crippen molar-refractivity contribution in [3.05, 3.63) is 70.7 Å². The molecule has 9 nitrogen and oxygen atoms in total. The molecule has 0 bridgehead atoms. The van der Waals surface area contributed by atoms with Crippen LogP contribution in [0.2, 0.25) is 0 Å². The molecule has 0 spiro atoms. The normalized spacial score (nSPS) is 18.7. The molecule has 10 heteroatoms. The molecule has 2 heterocycles. The van der Waals surface area contributed by atoms with E-state index in [9.17, 15) is 19.5 Å². The largest absolute Gasteiger partial charge is 0.479 e. The van der Waals surface area contributed by atoms with Gasteiger partial charge >= 0.3 is 12.1 Å². The number of rotatable bonds is 6. The SMILES string of the molecule is COC1(C(=O)O)CCN(C(=O)c2cnc(NC(=O)OCC3c4ccccc4-c4ccccc43)s2)C1. The number of hydrogen-bond donors (Lipinski definition) is 2. The van der Waals surface area contributed by atoms with Crippen molar-refractivity contribution in [2.24, 2.45) is 0 Å². The second-order valence-corrected chi connectivity index (χ2v) is 9.49. The lowest BCUT2D eigenvalue weighted by atomic mass is 9.98. The van der Waals surface area contributed by atoms with Crippen LogP contribution in [0, 0.1) is 0 Å². The monoisotopic (exact) mass is 493 g/mol. The van der Waals surface area contributed by atoms with Gasteiger partial charge in [0.25, 0.3) is 5.91 Å². The number of carboxylic acids is 1. The number of anilines is 1. The fourth-order valence-electron chi connectivity index (χ4n) is 4.69. The van der Waals surface area contributed by atoms with Gasteiger partial charge in [-0.1, -0.05) is 59.9 Å². The van der Waals surface area contributed by atoms with Crippen LogP contribution in [-0.2, 0) is 14.3 Å². The van der Waals surface area contributed by atoms with Crippen LogP contribution in [0.5, 0.6) is 0 Å². The summed E-state index contributed by atoms with van der Waals surface area (Å²) >= 11 is 1.01. The second-order valence-electron chi connectivity index (χ2n) is 8.46. The molecule has 2 aromatic carbocycles. The predicted octanol–water partition coefficient (Wildman–Crippen LogP) is 3.82. The minimum absolute atomic E-state index is 0.0509. The number of hydrogen-bond acceptors (Lipinski definition) is 7. The van der Waals surface area contributed by atoms with Gasteiger partial charge < -0.3 is 19.5 Å². The highest BCUT2D eigenvalue weighted by atomic mass is 32.1. The summed E-state index contributed by atoms with van der Waals surface area (Å²) in [6.45, 7) is 0.371. The maximum Gasteiger partial charge on any atom is 0.413 e. The van der Waals surface area contributed by atoms with Gasteiger partial charge in [-0.25, -0.2) is 14.6 Å². The average molecular weight is 494 g/mol. The second kappa shape index (κ2) is 9.12. The fourth-order valence-corrected chi connectivity index (χ4v) is 5.46. The number of nitrogens with zero attached hydrogens (tertiary/aromatic N) is 2. The van der Waals surface area contributed by atoms with E-state index in [-0.39, 0.29) is 48.0 Å². The number of amides is 2. The zero-order valence-electron chi connectivity index (χ0n) is 18.9. The molecule has 2 amide bonds. The highest BCUT2D eigenvalue weighted by Gasteiger charge is 2.47. The van der Waals surface area contributed by atoms with E-state index in [0.717, 1.165) is 33.6 Å².